The fourth-order valence-electron chi connectivity index (χ4n) is 5.36. The van der Waals surface area contributed by atoms with Crippen LogP contribution in [0.2, 0.25) is 0 Å². The largest absolute Gasteiger partial charge is 0.487 e. The van der Waals surface area contributed by atoms with Crippen molar-refractivity contribution in [2.45, 2.75) is 63.9 Å². The molecule has 3 amide bonds. The number of urea groups is 1. The third kappa shape index (κ3) is 4.14. The average molecular weight is 414 g/mol. The van der Waals surface area contributed by atoms with Gasteiger partial charge in [-0.2, -0.15) is 0 Å². The number of rotatable bonds is 4. The fraction of sp³-hybridized carbons (Fsp3) is 0.667. The van der Waals surface area contributed by atoms with Crippen LogP contribution in [0.25, 0.3) is 0 Å². The summed E-state index contributed by atoms with van der Waals surface area (Å²) in [4.78, 5) is 31.6. The van der Waals surface area contributed by atoms with Gasteiger partial charge in [0.1, 0.15) is 11.4 Å². The smallest absolute Gasteiger partial charge is 0.320 e. The molecular formula is C24H35N3O3. The lowest BCUT2D eigenvalue weighted by atomic mass is 9.76. The van der Waals surface area contributed by atoms with Crippen molar-refractivity contribution in [1.82, 2.24) is 14.7 Å². The van der Waals surface area contributed by atoms with Gasteiger partial charge in [-0.05, 0) is 44.7 Å². The molecule has 1 spiro atoms. The quantitative estimate of drug-likeness (QED) is 0.753. The van der Waals surface area contributed by atoms with Gasteiger partial charge in [0.15, 0.2) is 0 Å². The normalized spacial score (nSPS) is 22.5. The number of carbonyl (C=O) groups excluding carboxylic acids is 2. The van der Waals surface area contributed by atoms with Crippen LogP contribution in [0.3, 0.4) is 0 Å². The molecule has 1 aromatic carbocycles. The number of benzene rings is 1. The predicted octanol–water partition coefficient (Wildman–Crippen LogP) is 3.86. The lowest BCUT2D eigenvalue weighted by Gasteiger charge is -2.47. The number of carbonyl (C=O) groups is 2. The highest BCUT2D eigenvalue weighted by Crippen LogP contribution is 2.46. The van der Waals surface area contributed by atoms with Crippen molar-refractivity contribution in [1.29, 1.82) is 0 Å². The molecule has 1 unspecified atom stereocenters. The van der Waals surface area contributed by atoms with Crippen LogP contribution >= 0.6 is 0 Å². The minimum atomic E-state index is -0.273. The van der Waals surface area contributed by atoms with Crippen molar-refractivity contribution >= 4 is 11.9 Å². The first-order valence-corrected chi connectivity index (χ1v) is 11.6. The standard InChI is InChI=1S/C24H35N3O3/c1-3-25(4-2)22(28)17-19-18-24(30-21-10-6-5-9-20(19)21)11-15-27(16-12-24)23(29)26-13-7-8-14-26/h5-6,9-10,19H,3-4,7-8,11-18H2,1-2H3. The molecule has 30 heavy (non-hydrogen) atoms. The summed E-state index contributed by atoms with van der Waals surface area (Å²) in [5, 5.41) is 0. The third-order valence-corrected chi connectivity index (χ3v) is 7.16. The first-order valence-electron chi connectivity index (χ1n) is 11.6. The molecule has 2 saturated heterocycles. The first kappa shape index (κ1) is 21.0. The summed E-state index contributed by atoms with van der Waals surface area (Å²) in [5.41, 5.74) is 0.879. The summed E-state index contributed by atoms with van der Waals surface area (Å²) in [6.45, 7) is 8.81. The van der Waals surface area contributed by atoms with E-state index in [0.29, 0.717) is 6.42 Å². The molecule has 3 aliphatic heterocycles. The van der Waals surface area contributed by atoms with E-state index >= 15 is 0 Å². The Hall–Kier alpha value is -2.24. The monoisotopic (exact) mass is 413 g/mol. The minimum absolute atomic E-state index is 0.170. The van der Waals surface area contributed by atoms with Gasteiger partial charge in [-0.1, -0.05) is 18.2 Å². The van der Waals surface area contributed by atoms with Gasteiger partial charge in [-0.15, -0.1) is 0 Å². The zero-order valence-electron chi connectivity index (χ0n) is 18.4. The molecule has 3 aliphatic rings. The van der Waals surface area contributed by atoms with E-state index in [1.807, 2.05) is 46.7 Å². The second kappa shape index (κ2) is 8.86. The summed E-state index contributed by atoms with van der Waals surface area (Å²) in [7, 11) is 0. The summed E-state index contributed by atoms with van der Waals surface area (Å²) in [5.74, 6) is 1.31. The maximum Gasteiger partial charge on any atom is 0.320 e. The SMILES string of the molecule is CCN(CC)C(=O)CC1CC2(CCN(C(=O)N3CCCC3)CC2)Oc2ccccc21. The van der Waals surface area contributed by atoms with Crippen LogP contribution in [0, 0.1) is 0 Å². The molecule has 0 aromatic heterocycles. The van der Waals surface area contributed by atoms with Gasteiger partial charge < -0.3 is 19.4 Å². The van der Waals surface area contributed by atoms with Crippen LogP contribution in [0.4, 0.5) is 4.79 Å². The number of likely N-dealkylation sites (tertiary alicyclic amines) is 2. The van der Waals surface area contributed by atoms with Crippen molar-refractivity contribution in [3.8, 4) is 5.75 Å². The van der Waals surface area contributed by atoms with Crippen molar-refractivity contribution in [3.63, 3.8) is 0 Å². The van der Waals surface area contributed by atoms with Crippen molar-refractivity contribution in [3.05, 3.63) is 29.8 Å². The second-order valence-electron chi connectivity index (χ2n) is 8.96. The Morgan fingerprint density at radius 3 is 2.33 bits per heavy atom. The van der Waals surface area contributed by atoms with Gasteiger partial charge in [-0.25, -0.2) is 4.79 Å². The Labute approximate surface area is 180 Å². The summed E-state index contributed by atoms with van der Waals surface area (Å²) in [6, 6.07) is 8.37. The van der Waals surface area contributed by atoms with Crippen LogP contribution < -0.4 is 4.74 Å². The Morgan fingerprint density at radius 1 is 1.03 bits per heavy atom. The third-order valence-electron chi connectivity index (χ3n) is 7.16. The van der Waals surface area contributed by atoms with Gasteiger partial charge in [0, 0.05) is 64.4 Å². The molecule has 0 bridgehead atoms. The molecule has 4 rings (SSSR count). The van der Waals surface area contributed by atoms with E-state index in [9.17, 15) is 9.59 Å². The molecule has 1 atom stereocenters. The van der Waals surface area contributed by atoms with Gasteiger partial charge in [-0.3, -0.25) is 4.79 Å². The van der Waals surface area contributed by atoms with Gasteiger partial charge in [0.25, 0.3) is 0 Å². The van der Waals surface area contributed by atoms with Crippen LogP contribution in [-0.4, -0.2) is 71.5 Å². The molecule has 0 aliphatic carbocycles. The molecule has 164 valence electrons. The van der Waals surface area contributed by atoms with Crippen LogP contribution in [0.1, 0.15) is 63.9 Å². The van der Waals surface area contributed by atoms with Crippen LogP contribution in [-0.2, 0) is 4.79 Å². The molecule has 0 radical (unpaired) electrons. The topological polar surface area (TPSA) is 53.1 Å². The zero-order valence-corrected chi connectivity index (χ0v) is 18.4. The lowest BCUT2D eigenvalue weighted by Crippen LogP contribution is -2.54. The van der Waals surface area contributed by atoms with E-state index in [4.69, 9.17) is 4.74 Å². The summed E-state index contributed by atoms with van der Waals surface area (Å²) < 4.78 is 6.56. The second-order valence-corrected chi connectivity index (χ2v) is 8.96. The molecule has 6 heteroatoms. The van der Waals surface area contributed by atoms with Gasteiger partial charge in [0.05, 0.1) is 0 Å². The average Bonchev–Trinajstić information content (AvgIpc) is 3.30. The summed E-state index contributed by atoms with van der Waals surface area (Å²) in [6.07, 6.45) is 5.27. The lowest BCUT2D eigenvalue weighted by molar-refractivity contribution is -0.131. The van der Waals surface area contributed by atoms with E-state index in [2.05, 4.69) is 6.07 Å². The molecule has 1 aromatic rings. The molecule has 3 heterocycles. The number of piperidine rings is 1. The number of nitrogens with zero attached hydrogens (tertiary/aromatic N) is 3. The summed E-state index contributed by atoms with van der Waals surface area (Å²) >= 11 is 0. The molecule has 0 N–H and O–H groups in total. The molecule has 6 nitrogen and oxygen atoms in total. The number of amides is 3. The Bertz CT molecular complexity index is 763. The molecule has 0 saturated carbocycles. The molecular weight excluding hydrogens is 378 g/mol. The maximum absolute atomic E-state index is 12.9. The van der Waals surface area contributed by atoms with E-state index in [-0.39, 0.29) is 23.5 Å². The number of para-hydroxylation sites is 1. The highest BCUT2D eigenvalue weighted by atomic mass is 16.5. The Kier molecular flexibility index (Phi) is 6.21. The number of hydrogen-bond acceptors (Lipinski definition) is 3. The maximum atomic E-state index is 12.9. The fourth-order valence-corrected chi connectivity index (χ4v) is 5.36. The van der Waals surface area contributed by atoms with E-state index in [1.165, 1.54) is 0 Å². The number of ether oxygens (including phenoxy) is 1. The highest BCUT2D eigenvalue weighted by Gasteiger charge is 2.45. The van der Waals surface area contributed by atoms with Gasteiger partial charge in [0.2, 0.25) is 5.91 Å². The molecule has 2 fully saturated rings. The number of fused-ring (bicyclic) bond motifs is 1. The van der Waals surface area contributed by atoms with E-state index < -0.39 is 0 Å². The predicted molar refractivity (Wildman–Crippen MR) is 117 cm³/mol. The van der Waals surface area contributed by atoms with Crippen molar-refractivity contribution < 1.29 is 14.3 Å². The van der Waals surface area contributed by atoms with Crippen molar-refractivity contribution in [2.24, 2.45) is 0 Å². The highest BCUT2D eigenvalue weighted by molar-refractivity contribution is 5.77. The minimum Gasteiger partial charge on any atom is -0.487 e. The Balaban J connectivity index is 1.47. The van der Waals surface area contributed by atoms with E-state index in [1.54, 1.807) is 0 Å². The van der Waals surface area contributed by atoms with Crippen LogP contribution in [0.5, 0.6) is 5.75 Å². The van der Waals surface area contributed by atoms with Gasteiger partial charge >= 0.3 is 6.03 Å². The first-order chi connectivity index (χ1) is 14.5. The van der Waals surface area contributed by atoms with Crippen LogP contribution in [0.15, 0.2) is 24.3 Å². The van der Waals surface area contributed by atoms with Crippen molar-refractivity contribution in [2.75, 3.05) is 39.3 Å². The Morgan fingerprint density at radius 2 is 1.67 bits per heavy atom. The zero-order chi connectivity index (χ0) is 21.1. The number of hydrogen-bond donors (Lipinski definition) is 0. The van der Waals surface area contributed by atoms with E-state index in [0.717, 1.165) is 82.7 Å².